The van der Waals surface area contributed by atoms with Crippen LogP contribution in [0.4, 0.5) is 10.5 Å². The van der Waals surface area contributed by atoms with E-state index in [9.17, 15) is 9.59 Å². The zero-order valence-corrected chi connectivity index (χ0v) is 13.4. The predicted octanol–water partition coefficient (Wildman–Crippen LogP) is 2.68. The van der Waals surface area contributed by atoms with E-state index in [4.69, 9.17) is 23.8 Å². The first-order valence-corrected chi connectivity index (χ1v) is 7.33. The number of para-hydroxylation sites is 1. The second-order valence-corrected chi connectivity index (χ2v) is 5.15. The molecular formula is C15H13ClN4O2S. The lowest BCUT2D eigenvalue weighted by atomic mass is 10.2. The minimum atomic E-state index is -0.523. The van der Waals surface area contributed by atoms with Gasteiger partial charge in [0.05, 0.1) is 10.6 Å². The third-order valence-corrected chi connectivity index (χ3v) is 3.20. The number of urea groups is 1. The molecule has 0 aliphatic carbocycles. The van der Waals surface area contributed by atoms with Crippen LogP contribution in [0, 0.1) is 0 Å². The Hall–Kier alpha value is -2.64. The minimum Gasteiger partial charge on any atom is -0.307 e. The van der Waals surface area contributed by atoms with Crippen LogP contribution in [-0.2, 0) is 0 Å². The first-order chi connectivity index (χ1) is 11.1. The second kappa shape index (κ2) is 8.11. The molecule has 0 spiro atoms. The molecule has 3 amide bonds. The molecular weight excluding hydrogens is 336 g/mol. The predicted molar refractivity (Wildman–Crippen MR) is 93.2 cm³/mol. The molecule has 0 heterocycles. The van der Waals surface area contributed by atoms with Gasteiger partial charge < -0.3 is 5.32 Å². The number of thiocarbonyl (C=S) groups is 1. The molecule has 0 saturated carbocycles. The molecule has 23 heavy (non-hydrogen) atoms. The smallest absolute Gasteiger partial charge is 0.307 e. The second-order valence-electron chi connectivity index (χ2n) is 4.33. The molecule has 0 fully saturated rings. The highest BCUT2D eigenvalue weighted by Crippen LogP contribution is 2.14. The minimum absolute atomic E-state index is 0.0573. The molecule has 0 atom stereocenters. The Morgan fingerprint density at radius 1 is 0.913 bits per heavy atom. The summed E-state index contributed by atoms with van der Waals surface area (Å²) in [5.74, 6) is -0.474. The number of anilines is 1. The highest BCUT2D eigenvalue weighted by molar-refractivity contribution is 7.80. The van der Waals surface area contributed by atoms with Crippen molar-refractivity contribution in [3.8, 4) is 0 Å². The highest BCUT2D eigenvalue weighted by Gasteiger charge is 2.11. The van der Waals surface area contributed by atoms with E-state index in [1.165, 1.54) is 0 Å². The summed E-state index contributed by atoms with van der Waals surface area (Å²) in [7, 11) is 0. The van der Waals surface area contributed by atoms with E-state index < -0.39 is 11.9 Å². The van der Waals surface area contributed by atoms with Crippen LogP contribution in [0.1, 0.15) is 10.4 Å². The van der Waals surface area contributed by atoms with E-state index in [1.807, 2.05) is 6.07 Å². The van der Waals surface area contributed by atoms with E-state index in [1.54, 1.807) is 48.5 Å². The van der Waals surface area contributed by atoms with Crippen molar-refractivity contribution in [2.45, 2.75) is 0 Å². The number of carbonyl (C=O) groups is 2. The summed E-state index contributed by atoms with van der Waals surface area (Å²) in [4.78, 5) is 23.6. The number of carbonyl (C=O) groups excluding carboxylic acids is 2. The van der Waals surface area contributed by atoms with Crippen molar-refractivity contribution in [1.29, 1.82) is 0 Å². The fourth-order valence-corrected chi connectivity index (χ4v) is 2.01. The Labute approximate surface area is 143 Å². The van der Waals surface area contributed by atoms with Crippen LogP contribution in [-0.4, -0.2) is 17.1 Å². The van der Waals surface area contributed by atoms with Crippen molar-refractivity contribution in [2.75, 3.05) is 5.32 Å². The molecule has 0 unspecified atom stereocenters. The quantitative estimate of drug-likeness (QED) is 0.497. The van der Waals surface area contributed by atoms with Crippen LogP contribution < -0.4 is 21.5 Å². The van der Waals surface area contributed by atoms with Gasteiger partial charge >= 0.3 is 6.03 Å². The third-order valence-electron chi connectivity index (χ3n) is 2.67. The molecule has 2 rings (SSSR count). The lowest BCUT2D eigenvalue weighted by Gasteiger charge is -2.12. The van der Waals surface area contributed by atoms with E-state index >= 15 is 0 Å². The van der Waals surface area contributed by atoms with Crippen LogP contribution in [0.5, 0.6) is 0 Å². The fraction of sp³-hybridized carbons (Fsp3) is 0. The van der Waals surface area contributed by atoms with Crippen LogP contribution in [0.15, 0.2) is 54.6 Å². The third kappa shape index (κ3) is 5.24. The van der Waals surface area contributed by atoms with Crippen LogP contribution in [0.25, 0.3) is 0 Å². The monoisotopic (exact) mass is 348 g/mol. The van der Waals surface area contributed by atoms with Crippen molar-refractivity contribution in [2.24, 2.45) is 0 Å². The highest BCUT2D eigenvalue weighted by atomic mass is 35.5. The molecule has 0 aromatic heterocycles. The van der Waals surface area contributed by atoms with Gasteiger partial charge in [0.15, 0.2) is 5.11 Å². The zero-order valence-electron chi connectivity index (χ0n) is 11.8. The van der Waals surface area contributed by atoms with Crippen molar-refractivity contribution in [3.05, 3.63) is 65.2 Å². The molecule has 4 N–H and O–H groups in total. The molecule has 2 aromatic carbocycles. The number of hydrogen-bond acceptors (Lipinski definition) is 3. The van der Waals surface area contributed by atoms with Gasteiger partial charge in [-0.05, 0) is 36.5 Å². The summed E-state index contributed by atoms with van der Waals surface area (Å²) >= 11 is 10.8. The number of hydrazine groups is 1. The molecule has 8 heteroatoms. The average Bonchev–Trinajstić information content (AvgIpc) is 2.54. The van der Waals surface area contributed by atoms with Crippen molar-refractivity contribution in [1.82, 2.24) is 16.2 Å². The van der Waals surface area contributed by atoms with Gasteiger partial charge in [-0.1, -0.05) is 41.9 Å². The zero-order chi connectivity index (χ0) is 16.7. The van der Waals surface area contributed by atoms with Crippen molar-refractivity contribution in [3.63, 3.8) is 0 Å². The Bertz CT molecular complexity index is 724. The van der Waals surface area contributed by atoms with Gasteiger partial charge in [-0.3, -0.25) is 15.5 Å². The summed E-state index contributed by atoms with van der Waals surface area (Å²) in [5, 5.41) is 5.25. The van der Waals surface area contributed by atoms with Gasteiger partial charge in [-0.15, -0.1) is 0 Å². The van der Waals surface area contributed by atoms with Gasteiger partial charge in [0.2, 0.25) is 0 Å². The number of halogens is 1. The molecule has 2 aromatic rings. The van der Waals surface area contributed by atoms with Gasteiger partial charge in [-0.2, -0.15) is 0 Å². The number of amides is 3. The molecule has 0 radical (unpaired) electrons. The molecule has 6 nitrogen and oxygen atoms in total. The maximum Gasteiger partial charge on any atom is 0.337 e. The Balaban J connectivity index is 1.80. The number of hydrogen-bond donors (Lipinski definition) is 4. The summed E-state index contributed by atoms with van der Waals surface area (Å²) in [6.45, 7) is 0. The molecule has 0 bridgehead atoms. The SMILES string of the molecule is O=C(NNC(=S)NC(=O)c1ccccc1Cl)Nc1ccccc1. The summed E-state index contributed by atoms with van der Waals surface area (Å²) < 4.78 is 0. The van der Waals surface area contributed by atoms with Gasteiger partial charge in [0.1, 0.15) is 0 Å². The largest absolute Gasteiger partial charge is 0.337 e. The van der Waals surface area contributed by atoms with E-state index in [0.29, 0.717) is 10.7 Å². The summed E-state index contributed by atoms with van der Waals surface area (Å²) in [5.41, 5.74) is 5.64. The molecule has 0 aliphatic rings. The lowest BCUT2D eigenvalue weighted by Crippen LogP contribution is -2.49. The van der Waals surface area contributed by atoms with Crippen LogP contribution >= 0.6 is 23.8 Å². The topological polar surface area (TPSA) is 82.3 Å². The van der Waals surface area contributed by atoms with Crippen LogP contribution in [0.3, 0.4) is 0 Å². The standard InChI is InChI=1S/C15H13ClN4O2S/c16-12-9-5-4-8-11(12)13(21)18-15(23)20-19-14(22)17-10-6-2-1-3-7-10/h1-9H,(H2,17,19,22)(H2,18,20,21,23). The fourth-order valence-electron chi connectivity index (χ4n) is 1.64. The molecule has 118 valence electrons. The number of rotatable bonds is 2. The maximum atomic E-state index is 12.0. The first kappa shape index (κ1) is 16.7. The van der Waals surface area contributed by atoms with Crippen molar-refractivity contribution >= 4 is 46.6 Å². The summed E-state index contributed by atoms with van der Waals surface area (Å²) in [6, 6.07) is 14.9. The molecule has 0 saturated heterocycles. The average molecular weight is 349 g/mol. The summed E-state index contributed by atoms with van der Waals surface area (Å²) in [6.07, 6.45) is 0. The van der Waals surface area contributed by atoms with Crippen molar-refractivity contribution < 1.29 is 9.59 Å². The first-order valence-electron chi connectivity index (χ1n) is 6.54. The van der Waals surface area contributed by atoms with Gasteiger partial charge in [-0.25, -0.2) is 10.2 Å². The lowest BCUT2D eigenvalue weighted by molar-refractivity contribution is 0.0976. The Kier molecular flexibility index (Phi) is 5.90. The van der Waals surface area contributed by atoms with E-state index in [2.05, 4.69) is 21.5 Å². The van der Waals surface area contributed by atoms with E-state index in [-0.39, 0.29) is 10.7 Å². The van der Waals surface area contributed by atoms with E-state index in [0.717, 1.165) is 0 Å². The Morgan fingerprint density at radius 2 is 1.57 bits per heavy atom. The number of benzene rings is 2. The van der Waals surface area contributed by atoms with Gasteiger partial charge in [0, 0.05) is 5.69 Å². The van der Waals surface area contributed by atoms with Crippen LogP contribution in [0.2, 0.25) is 5.02 Å². The maximum absolute atomic E-state index is 12.0. The van der Waals surface area contributed by atoms with Gasteiger partial charge in [0.25, 0.3) is 5.91 Å². The Morgan fingerprint density at radius 3 is 2.26 bits per heavy atom. The normalized spacial score (nSPS) is 9.61. The number of nitrogens with one attached hydrogen (secondary N) is 4. The molecule has 0 aliphatic heterocycles.